The van der Waals surface area contributed by atoms with Gasteiger partial charge in [-0.25, -0.2) is 0 Å². The van der Waals surface area contributed by atoms with Gasteiger partial charge in [-0.3, -0.25) is 0 Å². The molecule has 0 saturated carbocycles. The number of hydrogen-bond donors (Lipinski definition) is 0. The van der Waals surface area contributed by atoms with E-state index in [1.165, 1.54) is 32.4 Å². The molecule has 64 valence electrons. The summed E-state index contributed by atoms with van der Waals surface area (Å²) >= 11 is 0. The van der Waals surface area contributed by atoms with Gasteiger partial charge in [-0.1, -0.05) is 12.2 Å². The lowest BCUT2D eigenvalue weighted by atomic mass is 9.94. The number of allylic oxidation sites excluding steroid dienone is 2. The Hall–Kier alpha value is -0.300. The van der Waals surface area contributed by atoms with Crippen molar-refractivity contribution in [1.82, 2.24) is 4.90 Å². The third kappa shape index (κ3) is 3.06. The van der Waals surface area contributed by atoms with Crippen LogP contribution in [-0.2, 0) is 0 Å². The number of nitrogens with zero attached hydrogens (tertiary/aromatic N) is 1. The Morgan fingerprint density at radius 2 is 2.00 bits per heavy atom. The normalized spacial score (nSPS) is 23.1. The van der Waals surface area contributed by atoms with Gasteiger partial charge >= 0.3 is 0 Å². The van der Waals surface area contributed by atoms with Gasteiger partial charge in [0.2, 0.25) is 0 Å². The first-order valence-electron chi connectivity index (χ1n) is 4.62. The van der Waals surface area contributed by atoms with E-state index in [4.69, 9.17) is 0 Å². The Bertz CT molecular complexity index is 121. The van der Waals surface area contributed by atoms with E-state index in [2.05, 4.69) is 31.0 Å². The lowest BCUT2D eigenvalue weighted by molar-refractivity contribution is 0.221. The lowest BCUT2D eigenvalue weighted by Crippen LogP contribution is -2.29. The van der Waals surface area contributed by atoms with E-state index in [9.17, 15) is 0 Å². The van der Waals surface area contributed by atoms with E-state index < -0.39 is 0 Å². The predicted octanol–water partition coefficient (Wildman–Crippen LogP) is 2.29. The van der Waals surface area contributed by atoms with Crippen LogP contribution in [0.15, 0.2) is 12.2 Å². The SMILES string of the molecule is C/C=C\CC1CCN(C)CC1. The molecule has 1 heteroatoms. The van der Waals surface area contributed by atoms with E-state index in [0.717, 1.165) is 5.92 Å². The molecule has 1 heterocycles. The zero-order valence-corrected chi connectivity index (χ0v) is 7.71. The minimum atomic E-state index is 0.961. The maximum Gasteiger partial charge on any atom is -0.00190 e. The number of likely N-dealkylation sites (tertiary alicyclic amines) is 1. The van der Waals surface area contributed by atoms with Crippen molar-refractivity contribution in [3.8, 4) is 0 Å². The molecule has 11 heavy (non-hydrogen) atoms. The third-order valence-corrected chi connectivity index (χ3v) is 2.54. The van der Waals surface area contributed by atoms with Gasteiger partial charge in [0.1, 0.15) is 0 Å². The molecule has 0 radical (unpaired) electrons. The van der Waals surface area contributed by atoms with Crippen molar-refractivity contribution in [3.63, 3.8) is 0 Å². The molecule has 0 amide bonds. The predicted molar refractivity (Wildman–Crippen MR) is 49.7 cm³/mol. The highest BCUT2D eigenvalue weighted by Crippen LogP contribution is 2.19. The highest BCUT2D eigenvalue weighted by atomic mass is 15.1. The zero-order valence-electron chi connectivity index (χ0n) is 7.71. The topological polar surface area (TPSA) is 3.24 Å². The molecule has 1 saturated heterocycles. The molecule has 0 unspecified atom stereocenters. The fourth-order valence-electron chi connectivity index (χ4n) is 1.63. The summed E-state index contributed by atoms with van der Waals surface area (Å²) < 4.78 is 0. The van der Waals surface area contributed by atoms with Crippen LogP contribution in [0.3, 0.4) is 0 Å². The first kappa shape index (κ1) is 8.79. The summed E-state index contributed by atoms with van der Waals surface area (Å²) in [4.78, 5) is 2.42. The quantitative estimate of drug-likeness (QED) is 0.550. The Morgan fingerprint density at radius 3 is 2.55 bits per heavy atom. The average molecular weight is 153 g/mol. The van der Waals surface area contributed by atoms with E-state index in [1.54, 1.807) is 0 Å². The van der Waals surface area contributed by atoms with Crippen LogP contribution in [0.2, 0.25) is 0 Å². The number of piperidine rings is 1. The smallest absolute Gasteiger partial charge is 0.00190 e. The largest absolute Gasteiger partial charge is 0.306 e. The van der Waals surface area contributed by atoms with Crippen molar-refractivity contribution in [1.29, 1.82) is 0 Å². The minimum Gasteiger partial charge on any atom is -0.306 e. The van der Waals surface area contributed by atoms with Crippen LogP contribution >= 0.6 is 0 Å². The highest BCUT2D eigenvalue weighted by molar-refractivity contribution is 4.82. The Morgan fingerprint density at radius 1 is 1.36 bits per heavy atom. The first-order valence-corrected chi connectivity index (χ1v) is 4.62. The monoisotopic (exact) mass is 153 g/mol. The summed E-state index contributed by atoms with van der Waals surface area (Å²) in [5, 5.41) is 0. The fourth-order valence-corrected chi connectivity index (χ4v) is 1.63. The molecule has 1 nitrogen and oxygen atoms in total. The van der Waals surface area contributed by atoms with Crippen LogP contribution in [0.4, 0.5) is 0 Å². The summed E-state index contributed by atoms with van der Waals surface area (Å²) in [7, 11) is 2.21. The molecule has 0 aromatic heterocycles. The van der Waals surface area contributed by atoms with Gasteiger partial charge in [0.25, 0.3) is 0 Å². The molecule has 0 spiro atoms. The van der Waals surface area contributed by atoms with Gasteiger partial charge in [0.05, 0.1) is 0 Å². The third-order valence-electron chi connectivity index (χ3n) is 2.54. The Labute approximate surface area is 70.1 Å². The van der Waals surface area contributed by atoms with Gasteiger partial charge in [0, 0.05) is 0 Å². The number of hydrogen-bond acceptors (Lipinski definition) is 1. The maximum absolute atomic E-state index is 2.42. The molecule has 1 rings (SSSR count). The second-order valence-electron chi connectivity index (χ2n) is 3.55. The van der Waals surface area contributed by atoms with Crippen molar-refractivity contribution < 1.29 is 0 Å². The van der Waals surface area contributed by atoms with Crippen molar-refractivity contribution in [3.05, 3.63) is 12.2 Å². The summed E-state index contributed by atoms with van der Waals surface area (Å²) in [5.41, 5.74) is 0. The Kier molecular flexibility index (Phi) is 3.64. The minimum absolute atomic E-state index is 0.961. The Balaban J connectivity index is 2.17. The summed E-state index contributed by atoms with van der Waals surface area (Å²) in [6, 6.07) is 0. The van der Waals surface area contributed by atoms with E-state index in [0.29, 0.717) is 0 Å². The second-order valence-corrected chi connectivity index (χ2v) is 3.55. The standard InChI is InChI=1S/C10H19N/c1-3-4-5-10-6-8-11(2)9-7-10/h3-4,10H,5-9H2,1-2H3/b4-3-. The molecule has 0 aromatic rings. The maximum atomic E-state index is 2.42. The average Bonchev–Trinajstić information content (AvgIpc) is 2.04. The zero-order chi connectivity index (χ0) is 8.10. The second kappa shape index (κ2) is 4.55. The van der Waals surface area contributed by atoms with Crippen LogP contribution in [0.25, 0.3) is 0 Å². The summed E-state index contributed by atoms with van der Waals surface area (Å²) in [6.07, 6.45) is 8.54. The van der Waals surface area contributed by atoms with Crippen molar-refractivity contribution in [2.45, 2.75) is 26.2 Å². The molecule has 0 N–H and O–H groups in total. The van der Waals surface area contributed by atoms with E-state index >= 15 is 0 Å². The summed E-state index contributed by atoms with van der Waals surface area (Å²) in [6.45, 7) is 4.69. The highest BCUT2D eigenvalue weighted by Gasteiger charge is 2.14. The first-order chi connectivity index (χ1) is 5.33. The molecule has 0 bridgehead atoms. The molecule has 1 fully saturated rings. The molecule has 0 aromatic carbocycles. The van der Waals surface area contributed by atoms with Crippen molar-refractivity contribution >= 4 is 0 Å². The summed E-state index contributed by atoms with van der Waals surface area (Å²) in [5.74, 6) is 0.961. The van der Waals surface area contributed by atoms with Crippen LogP contribution in [0, 0.1) is 5.92 Å². The van der Waals surface area contributed by atoms with Gasteiger partial charge in [-0.2, -0.15) is 0 Å². The van der Waals surface area contributed by atoms with Crippen LogP contribution in [0.5, 0.6) is 0 Å². The van der Waals surface area contributed by atoms with Gasteiger partial charge in [0.15, 0.2) is 0 Å². The molecule has 1 aliphatic rings. The fraction of sp³-hybridized carbons (Fsp3) is 0.800. The van der Waals surface area contributed by atoms with Gasteiger partial charge in [-0.15, -0.1) is 0 Å². The van der Waals surface area contributed by atoms with Crippen LogP contribution in [-0.4, -0.2) is 25.0 Å². The van der Waals surface area contributed by atoms with Crippen molar-refractivity contribution in [2.24, 2.45) is 5.92 Å². The molecule has 0 atom stereocenters. The van der Waals surface area contributed by atoms with Crippen LogP contribution < -0.4 is 0 Å². The molecular formula is C10H19N. The van der Waals surface area contributed by atoms with Crippen LogP contribution in [0.1, 0.15) is 26.2 Å². The van der Waals surface area contributed by atoms with E-state index in [1.807, 2.05) is 0 Å². The number of rotatable bonds is 2. The molecular weight excluding hydrogens is 134 g/mol. The van der Waals surface area contributed by atoms with Crippen molar-refractivity contribution in [2.75, 3.05) is 20.1 Å². The van der Waals surface area contributed by atoms with Gasteiger partial charge in [-0.05, 0) is 52.2 Å². The van der Waals surface area contributed by atoms with Gasteiger partial charge < -0.3 is 4.90 Å². The van der Waals surface area contributed by atoms with E-state index in [-0.39, 0.29) is 0 Å². The molecule has 0 aliphatic carbocycles. The lowest BCUT2D eigenvalue weighted by Gasteiger charge is -2.28. The molecule has 1 aliphatic heterocycles.